The van der Waals surface area contributed by atoms with Crippen LogP contribution in [0.3, 0.4) is 0 Å². The van der Waals surface area contributed by atoms with Crippen LogP contribution in [0.25, 0.3) is 0 Å². The van der Waals surface area contributed by atoms with Gasteiger partial charge < -0.3 is 14.7 Å². The van der Waals surface area contributed by atoms with E-state index < -0.39 is 5.60 Å². The number of likely N-dealkylation sites (tertiary alicyclic amines) is 1. The van der Waals surface area contributed by atoms with Gasteiger partial charge in [0.25, 0.3) is 5.91 Å². The van der Waals surface area contributed by atoms with Gasteiger partial charge in [-0.1, -0.05) is 18.2 Å². The first-order chi connectivity index (χ1) is 14.4. The van der Waals surface area contributed by atoms with Gasteiger partial charge in [-0.3, -0.25) is 9.48 Å². The summed E-state index contributed by atoms with van der Waals surface area (Å²) in [6.45, 7) is 3.47. The lowest BCUT2D eigenvalue weighted by molar-refractivity contribution is 0.0209. The number of benzene rings is 1. The maximum absolute atomic E-state index is 12.8. The fourth-order valence-corrected chi connectivity index (χ4v) is 4.80. The second kappa shape index (κ2) is 8.57. The van der Waals surface area contributed by atoms with Crippen molar-refractivity contribution in [2.75, 3.05) is 13.1 Å². The van der Waals surface area contributed by atoms with Gasteiger partial charge in [0, 0.05) is 32.8 Å². The fraction of sp³-hybridized carbons (Fsp3) is 0.409. The maximum atomic E-state index is 12.8. The molecule has 8 heteroatoms. The quantitative estimate of drug-likeness (QED) is 0.677. The topological polar surface area (TPSA) is 80.5 Å². The van der Waals surface area contributed by atoms with Gasteiger partial charge in [0.2, 0.25) is 0 Å². The smallest absolute Gasteiger partial charge is 0.257 e. The molecule has 1 aromatic carbocycles. The average Bonchev–Trinajstić information content (AvgIpc) is 3.29. The Balaban J connectivity index is 1.44. The SMILES string of the molecule is Cc1nc([C@]2(O)CCCN(C(=O)c3cnn(C)c3)CC2)sc1COc1ccccc1. The lowest BCUT2D eigenvalue weighted by Crippen LogP contribution is -2.33. The highest BCUT2D eigenvalue weighted by molar-refractivity contribution is 7.11. The second-order valence-electron chi connectivity index (χ2n) is 7.71. The summed E-state index contributed by atoms with van der Waals surface area (Å²) in [4.78, 5) is 20.2. The standard InChI is InChI=1S/C22H26N4O3S/c1-16-19(15-29-18-7-4-3-5-8-18)30-21(24-16)22(28)9-6-11-26(12-10-22)20(27)17-13-23-25(2)14-17/h3-5,7-8,13-14,28H,6,9-12,15H2,1-2H3/t22-/m0/s1. The summed E-state index contributed by atoms with van der Waals surface area (Å²) in [7, 11) is 1.79. The largest absolute Gasteiger partial charge is 0.488 e. The molecule has 2 aromatic heterocycles. The van der Waals surface area contributed by atoms with Crippen molar-refractivity contribution in [2.45, 2.75) is 38.4 Å². The van der Waals surface area contributed by atoms with E-state index in [-0.39, 0.29) is 5.91 Å². The second-order valence-corrected chi connectivity index (χ2v) is 8.79. The van der Waals surface area contributed by atoms with Crippen molar-refractivity contribution >= 4 is 17.2 Å². The predicted octanol–water partition coefficient (Wildman–Crippen LogP) is 3.28. The molecule has 0 aliphatic carbocycles. The molecule has 30 heavy (non-hydrogen) atoms. The highest BCUT2D eigenvalue weighted by atomic mass is 32.1. The number of carbonyl (C=O) groups is 1. The Morgan fingerprint density at radius 3 is 2.80 bits per heavy atom. The van der Waals surface area contributed by atoms with Gasteiger partial charge in [-0.15, -0.1) is 11.3 Å². The van der Waals surface area contributed by atoms with Gasteiger partial charge in [-0.25, -0.2) is 4.98 Å². The molecule has 1 aliphatic rings. The maximum Gasteiger partial charge on any atom is 0.257 e. The van der Waals surface area contributed by atoms with Crippen LogP contribution in [0.15, 0.2) is 42.7 Å². The van der Waals surface area contributed by atoms with Crippen molar-refractivity contribution in [1.29, 1.82) is 0 Å². The van der Waals surface area contributed by atoms with Crippen LogP contribution in [0.4, 0.5) is 0 Å². The molecule has 0 unspecified atom stereocenters. The molecule has 0 bridgehead atoms. The van der Waals surface area contributed by atoms with Gasteiger partial charge in [-0.2, -0.15) is 5.10 Å². The first kappa shape index (κ1) is 20.6. The number of aryl methyl sites for hydroxylation is 2. The zero-order valence-corrected chi connectivity index (χ0v) is 18.1. The van der Waals surface area contributed by atoms with Crippen molar-refractivity contribution in [3.05, 3.63) is 63.9 Å². The molecule has 1 saturated heterocycles. The van der Waals surface area contributed by atoms with Gasteiger partial charge >= 0.3 is 0 Å². The Hall–Kier alpha value is -2.71. The molecule has 158 valence electrons. The molecule has 0 spiro atoms. The number of aliphatic hydroxyl groups is 1. The summed E-state index contributed by atoms with van der Waals surface area (Å²) in [5.41, 5.74) is 0.435. The number of amides is 1. The molecule has 1 atom stereocenters. The number of aromatic nitrogens is 3. The van der Waals surface area contributed by atoms with Crippen LogP contribution in [0.1, 0.15) is 45.2 Å². The number of hydrogen-bond acceptors (Lipinski definition) is 6. The van der Waals surface area contributed by atoms with Crippen molar-refractivity contribution in [2.24, 2.45) is 7.05 Å². The summed E-state index contributed by atoms with van der Waals surface area (Å²) in [5.74, 6) is 0.768. The fourth-order valence-electron chi connectivity index (χ4n) is 3.68. The van der Waals surface area contributed by atoms with Gasteiger partial charge in [0.05, 0.1) is 22.3 Å². The van der Waals surface area contributed by atoms with E-state index in [0.717, 1.165) is 22.7 Å². The number of carbonyl (C=O) groups excluding carboxylic acids is 1. The minimum absolute atomic E-state index is 0.0420. The minimum Gasteiger partial charge on any atom is -0.488 e. The molecule has 7 nitrogen and oxygen atoms in total. The lowest BCUT2D eigenvalue weighted by Gasteiger charge is -2.24. The van der Waals surface area contributed by atoms with Crippen molar-refractivity contribution in [1.82, 2.24) is 19.7 Å². The van der Waals surface area contributed by atoms with Gasteiger partial charge in [0.15, 0.2) is 0 Å². The van der Waals surface area contributed by atoms with E-state index in [9.17, 15) is 9.90 Å². The highest BCUT2D eigenvalue weighted by Crippen LogP contribution is 2.37. The molecule has 3 heterocycles. The summed E-state index contributed by atoms with van der Waals surface area (Å²) in [5, 5.41) is 16.2. The van der Waals surface area contributed by atoms with Crippen LogP contribution in [0.2, 0.25) is 0 Å². The zero-order chi connectivity index (χ0) is 21.1. The number of rotatable bonds is 5. The van der Waals surface area contributed by atoms with E-state index in [2.05, 4.69) is 10.1 Å². The monoisotopic (exact) mass is 426 g/mol. The van der Waals surface area contributed by atoms with Crippen LogP contribution < -0.4 is 4.74 Å². The third-order valence-corrected chi connectivity index (χ3v) is 6.78. The zero-order valence-electron chi connectivity index (χ0n) is 17.2. The molecular weight excluding hydrogens is 400 g/mol. The van der Waals surface area contributed by atoms with Crippen LogP contribution in [-0.2, 0) is 19.3 Å². The van der Waals surface area contributed by atoms with E-state index >= 15 is 0 Å². The van der Waals surface area contributed by atoms with Crippen LogP contribution >= 0.6 is 11.3 Å². The van der Waals surface area contributed by atoms with Crippen molar-refractivity contribution in [3.8, 4) is 5.75 Å². The van der Waals surface area contributed by atoms with Crippen molar-refractivity contribution < 1.29 is 14.6 Å². The third kappa shape index (κ3) is 4.39. The summed E-state index contributed by atoms with van der Waals surface area (Å²) < 4.78 is 7.48. The van der Waals surface area contributed by atoms with Crippen LogP contribution in [-0.4, -0.2) is 43.8 Å². The molecule has 1 fully saturated rings. The van der Waals surface area contributed by atoms with E-state index in [4.69, 9.17) is 4.74 Å². The van der Waals surface area contributed by atoms with Gasteiger partial charge in [-0.05, 0) is 31.9 Å². The first-order valence-corrected chi connectivity index (χ1v) is 10.9. The average molecular weight is 427 g/mol. The van der Waals surface area contributed by atoms with E-state index in [0.29, 0.717) is 43.1 Å². The molecule has 0 saturated carbocycles. The summed E-state index contributed by atoms with van der Waals surface area (Å²) >= 11 is 1.50. The number of nitrogens with zero attached hydrogens (tertiary/aromatic N) is 4. The molecule has 3 aromatic rings. The lowest BCUT2D eigenvalue weighted by atomic mass is 9.96. The third-order valence-electron chi connectivity index (χ3n) is 5.46. The van der Waals surface area contributed by atoms with Crippen LogP contribution in [0, 0.1) is 6.92 Å². The van der Waals surface area contributed by atoms with Crippen LogP contribution in [0.5, 0.6) is 5.75 Å². The molecular formula is C22H26N4O3S. The Labute approximate surface area is 179 Å². The Kier molecular flexibility index (Phi) is 5.87. The minimum atomic E-state index is -1.02. The molecule has 1 N–H and O–H groups in total. The Bertz CT molecular complexity index is 1020. The number of ether oxygens (including phenoxy) is 1. The molecule has 1 amide bonds. The van der Waals surface area contributed by atoms with E-state index in [1.807, 2.05) is 37.3 Å². The number of hydrogen-bond donors (Lipinski definition) is 1. The van der Waals surface area contributed by atoms with E-state index in [1.54, 1.807) is 29.0 Å². The molecule has 0 radical (unpaired) electrons. The Morgan fingerprint density at radius 1 is 1.27 bits per heavy atom. The number of para-hydroxylation sites is 1. The highest BCUT2D eigenvalue weighted by Gasteiger charge is 2.36. The summed E-state index contributed by atoms with van der Waals surface area (Å²) in [6.07, 6.45) is 5.07. The Morgan fingerprint density at radius 2 is 2.07 bits per heavy atom. The van der Waals surface area contributed by atoms with Gasteiger partial charge in [0.1, 0.15) is 23.0 Å². The molecule has 4 rings (SSSR count). The van der Waals surface area contributed by atoms with Crippen molar-refractivity contribution in [3.63, 3.8) is 0 Å². The number of thiazole rings is 1. The van der Waals surface area contributed by atoms with E-state index in [1.165, 1.54) is 11.3 Å². The first-order valence-electron chi connectivity index (χ1n) is 10.1. The predicted molar refractivity (Wildman–Crippen MR) is 114 cm³/mol. The molecule has 1 aliphatic heterocycles. The normalized spacial score (nSPS) is 19.5. The summed E-state index contributed by atoms with van der Waals surface area (Å²) in [6, 6.07) is 9.67.